The lowest BCUT2D eigenvalue weighted by atomic mass is 10.0. The van der Waals surface area contributed by atoms with Crippen LogP contribution in [0.15, 0.2) is 18.2 Å². The Morgan fingerprint density at radius 3 is 2.67 bits per heavy atom. The summed E-state index contributed by atoms with van der Waals surface area (Å²) in [6.07, 6.45) is 0.898. The van der Waals surface area contributed by atoms with E-state index in [1.54, 1.807) is 0 Å². The summed E-state index contributed by atoms with van der Waals surface area (Å²) >= 11 is 0. The molecule has 18 heavy (non-hydrogen) atoms. The van der Waals surface area contributed by atoms with Crippen LogP contribution in [-0.2, 0) is 0 Å². The Labute approximate surface area is 109 Å². The first kappa shape index (κ1) is 14.6. The van der Waals surface area contributed by atoms with E-state index in [1.807, 2.05) is 25.1 Å². The van der Waals surface area contributed by atoms with E-state index in [-0.39, 0.29) is 12.6 Å². The molecule has 0 amide bonds. The van der Waals surface area contributed by atoms with Gasteiger partial charge in [0.2, 0.25) is 0 Å². The minimum atomic E-state index is 0.0178. The smallest absolute Gasteiger partial charge is 0.144 e. The molecule has 1 aromatic rings. The fourth-order valence-electron chi connectivity index (χ4n) is 1.92. The number of anilines is 2. The summed E-state index contributed by atoms with van der Waals surface area (Å²) in [6.45, 7) is 6.86. The van der Waals surface area contributed by atoms with Crippen LogP contribution in [0, 0.1) is 5.92 Å². The van der Waals surface area contributed by atoms with Gasteiger partial charge in [-0.3, -0.25) is 0 Å². The van der Waals surface area contributed by atoms with Crippen molar-refractivity contribution in [2.45, 2.75) is 33.2 Å². The second-order valence-electron chi connectivity index (χ2n) is 4.80. The van der Waals surface area contributed by atoms with Crippen molar-refractivity contribution in [2.24, 2.45) is 5.92 Å². The lowest BCUT2D eigenvalue weighted by Gasteiger charge is -2.21. The van der Waals surface area contributed by atoms with Crippen LogP contribution < -0.4 is 15.8 Å². The maximum Gasteiger partial charge on any atom is 0.144 e. The second kappa shape index (κ2) is 7.11. The van der Waals surface area contributed by atoms with E-state index >= 15 is 0 Å². The molecule has 1 aromatic carbocycles. The lowest BCUT2D eigenvalue weighted by molar-refractivity contribution is 0.259. The molecule has 0 spiro atoms. The summed E-state index contributed by atoms with van der Waals surface area (Å²) in [4.78, 5) is 0. The monoisotopic (exact) mass is 252 g/mol. The molecule has 0 aliphatic carbocycles. The van der Waals surface area contributed by atoms with Crippen molar-refractivity contribution in [1.82, 2.24) is 0 Å². The van der Waals surface area contributed by atoms with Gasteiger partial charge in [0, 0.05) is 6.04 Å². The van der Waals surface area contributed by atoms with Crippen LogP contribution in [-0.4, -0.2) is 24.4 Å². The first-order valence-electron chi connectivity index (χ1n) is 6.47. The van der Waals surface area contributed by atoms with Gasteiger partial charge in [-0.1, -0.05) is 19.9 Å². The summed E-state index contributed by atoms with van der Waals surface area (Å²) < 4.78 is 5.45. The zero-order chi connectivity index (χ0) is 13.5. The molecule has 0 radical (unpaired) electrons. The molecule has 0 bridgehead atoms. The van der Waals surface area contributed by atoms with Gasteiger partial charge in [-0.2, -0.15) is 0 Å². The van der Waals surface area contributed by atoms with Gasteiger partial charge in [0.25, 0.3) is 0 Å². The largest absolute Gasteiger partial charge is 0.492 e. The Bertz CT molecular complexity index is 367. The van der Waals surface area contributed by atoms with Gasteiger partial charge in [0.1, 0.15) is 5.75 Å². The highest BCUT2D eigenvalue weighted by atomic mass is 16.5. The molecule has 0 aliphatic rings. The average molecular weight is 252 g/mol. The average Bonchev–Trinajstić information content (AvgIpc) is 2.33. The number of nitrogens with one attached hydrogen (secondary N) is 1. The van der Waals surface area contributed by atoms with Gasteiger partial charge in [0.05, 0.1) is 24.6 Å². The van der Waals surface area contributed by atoms with E-state index in [2.05, 4.69) is 19.2 Å². The molecule has 0 heterocycles. The molecular weight excluding hydrogens is 228 g/mol. The molecule has 102 valence electrons. The standard InChI is InChI=1S/C14H24N2O2/c1-4-18-13-7-5-6-12(14(13)15)16-11(9-17)8-10(2)3/h5-7,10-11,16-17H,4,8-9,15H2,1-3H3. The Hall–Kier alpha value is -1.42. The van der Waals surface area contributed by atoms with E-state index < -0.39 is 0 Å². The highest BCUT2D eigenvalue weighted by Crippen LogP contribution is 2.30. The van der Waals surface area contributed by atoms with Gasteiger partial charge < -0.3 is 20.9 Å². The number of aliphatic hydroxyl groups excluding tert-OH is 1. The van der Waals surface area contributed by atoms with Crippen molar-refractivity contribution in [1.29, 1.82) is 0 Å². The molecular formula is C14H24N2O2. The molecule has 1 rings (SSSR count). The maximum absolute atomic E-state index is 9.37. The number of para-hydroxylation sites is 1. The number of hydrogen-bond acceptors (Lipinski definition) is 4. The molecule has 0 fully saturated rings. The molecule has 1 atom stereocenters. The van der Waals surface area contributed by atoms with Crippen LogP contribution in [0.25, 0.3) is 0 Å². The third-order valence-electron chi connectivity index (χ3n) is 2.70. The fourth-order valence-corrected chi connectivity index (χ4v) is 1.92. The molecule has 0 saturated heterocycles. The van der Waals surface area contributed by atoms with Gasteiger partial charge in [0.15, 0.2) is 0 Å². The van der Waals surface area contributed by atoms with Crippen LogP contribution in [0.1, 0.15) is 27.2 Å². The maximum atomic E-state index is 9.37. The fraction of sp³-hybridized carbons (Fsp3) is 0.571. The van der Waals surface area contributed by atoms with E-state index in [0.29, 0.717) is 24.0 Å². The lowest BCUT2D eigenvalue weighted by Crippen LogP contribution is -2.26. The van der Waals surface area contributed by atoms with Crippen molar-refractivity contribution < 1.29 is 9.84 Å². The first-order chi connectivity index (χ1) is 8.58. The SMILES string of the molecule is CCOc1cccc(NC(CO)CC(C)C)c1N. The molecule has 0 aliphatic heterocycles. The highest BCUT2D eigenvalue weighted by Gasteiger charge is 2.12. The topological polar surface area (TPSA) is 67.5 Å². The van der Waals surface area contributed by atoms with Crippen LogP contribution in [0.5, 0.6) is 5.75 Å². The van der Waals surface area contributed by atoms with E-state index in [9.17, 15) is 5.11 Å². The predicted molar refractivity (Wildman–Crippen MR) is 76.0 cm³/mol. The van der Waals surface area contributed by atoms with E-state index in [4.69, 9.17) is 10.5 Å². The van der Waals surface area contributed by atoms with E-state index in [0.717, 1.165) is 12.1 Å². The summed E-state index contributed by atoms with van der Waals surface area (Å²) in [7, 11) is 0. The van der Waals surface area contributed by atoms with Crippen LogP contribution in [0.4, 0.5) is 11.4 Å². The quantitative estimate of drug-likeness (QED) is 0.652. The molecule has 4 heteroatoms. The van der Waals surface area contributed by atoms with Crippen LogP contribution >= 0.6 is 0 Å². The molecule has 0 aromatic heterocycles. The number of nitrogens with two attached hydrogens (primary N) is 1. The number of aliphatic hydroxyl groups is 1. The Balaban J connectivity index is 2.79. The number of nitrogen functional groups attached to an aromatic ring is 1. The van der Waals surface area contributed by atoms with E-state index in [1.165, 1.54) is 0 Å². The van der Waals surface area contributed by atoms with Crippen LogP contribution in [0.3, 0.4) is 0 Å². The van der Waals surface area contributed by atoms with Crippen molar-refractivity contribution >= 4 is 11.4 Å². The van der Waals surface area contributed by atoms with Gasteiger partial charge in [-0.25, -0.2) is 0 Å². The Kier molecular flexibility index (Phi) is 5.78. The summed E-state index contributed by atoms with van der Waals surface area (Å²) in [5, 5.41) is 12.6. The second-order valence-corrected chi connectivity index (χ2v) is 4.80. The van der Waals surface area contributed by atoms with Crippen molar-refractivity contribution in [2.75, 3.05) is 24.3 Å². The van der Waals surface area contributed by atoms with Crippen LogP contribution in [0.2, 0.25) is 0 Å². The molecule has 0 saturated carbocycles. The summed E-state index contributed by atoms with van der Waals surface area (Å²) in [5.41, 5.74) is 7.45. The zero-order valence-electron chi connectivity index (χ0n) is 11.4. The molecule has 4 nitrogen and oxygen atoms in total. The number of benzene rings is 1. The predicted octanol–water partition coefficient (Wildman–Crippen LogP) is 2.49. The number of hydrogen-bond donors (Lipinski definition) is 3. The van der Waals surface area contributed by atoms with Gasteiger partial charge >= 0.3 is 0 Å². The molecule has 1 unspecified atom stereocenters. The first-order valence-corrected chi connectivity index (χ1v) is 6.47. The summed E-state index contributed by atoms with van der Waals surface area (Å²) in [5.74, 6) is 1.20. The minimum Gasteiger partial charge on any atom is -0.492 e. The summed E-state index contributed by atoms with van der Waals surface area (Å²) in [6, 6.07) is 5.67. The van der Waals surface area contributed by atoms with Crippen molar-refractivity contribution in [3.63, 3.8) is 0 Å². The number of ether oxygens (including phenoxy) is 1. The van der Waals surface area contributed by atoms with Crippen molar-refractivity contribution in [3.8, 4) is 5.75 Å². The van der Waals surface area contributed by atoms with Gasteiger partial charge in [-0.15, -0.1) is 0 Å². The van der Waals surface area contributed by atoms with Crippen molar-refractivity contribution in [3.05, 3.63) is 18.2 Å². The Morgan fingerprint density at radius 2 is 2.11 bits per heavy atom. The minimum absolute atomic E-state index is 0.0178. The normalized spacial score (nSPS) is 12.5. The van der Waals surface area contributed by atoms with Gasteiger partial charge in [-0.05, 0) is 31.4 Å². The zero-order valence-corrected chi connectivity index (χ0v) is 11.4. The number of rotatable bonds is 7. The third kappa shape index (κ3) is 4.11. The Morgan fingerprint density at radius 1 is 1.39 bits per heavy atom. The highest BCUT2D eigenvalue weighted by molar-refractivity contribution is 5.73. The molecule has 4 N–H and O–H groups in total. The third-order valence-corrected chi connectivity index (χ3v) is 2.70.